The largest absolute Gasteiger partial charge is 0.375 e. The molecule has 7 heteroatoms. The highest BCUT2D eigenvalue weighted by molar-refractivity contribution is 9.10. The maximum absolute atomic E-state index is 13.2. The topological polar surface area (TPSA) is 64.8 Å². The van der Waals surface area contributed by atoms with Gasteiger partial charge in [0.25, 0.3) is 5.56 Å². The predicted molar refractivity (Wildman–Crippen MR) is 132 cm³/mol. The first-order chi connectivity index (χ1) is 15.5. The lowest BCUT2D eigenvalue weighted by Gasteiger charge is -2.08. The summed E-state index contributed by atoms with van der Waals surface area (Å²) in [5, 5.41) is 9.64. The lowest BCUT2D eigenvalue weighted by Crippen LogP contribution is -2.20. The molecule has 5 aromatic rings. The summed E-state index contributed by atoms with van der Waals surface area (Å²) in [6, 6.07) is 18.2. The van der Waals surface area contributed by atoms with Gasteiger partial charge in [0.1, 0.15) is 5.65 Å². The van der Waals surface area contributed by atoms with Crippen LogP contribution in [0, 0.1) is 0 Å². The number of hydrogen-bond donors (Lipinski definition) is 1. The number of aromatic nitrogens is 4. The van der Waals surface area contributed by atoms with E-state index in [1.165, 1.54) is 0 Å². The summed E-state index contributed by atoms with van der Waals surface area (Å²) in [5.74, 6) is 0. The van der Waals surface area contributed by atoms with Crippen molar-refractivity contribution in [2.75, 3.05) is 6.61 Å². The highest BCUT2D eigenvalue weighted by Gasteiger charge is 2.17. The Labute approximate surface area is 193 Å². The van der Waals surface area contributed by atoms with Crippen LogP contribution in [0.25, 0.3) is 44.3 Å². The molecule has 0 bridgehead atoms. The van der Waals surface area contributed by atoms with E-state index in [2.05, 4.69) is 48.9 Å². The zero-order valence-electron chi connectivity index (χ0n) is 18.1. The maximum atomic E-state index is 13.2. The number of aryl methyl sites for hydroxylation is 2. The van der Waals surface area contributed by atoms with E-state index in [0.717, 1.165) is 48.9 Å². The van der Waals surface area contributed by atoms with Gasteiger partial charge in [-0.05, 0) is 48.9 Å². The fourth-order valence-electron chi connectivity index (χ4n) is 4.28. The number of aromatic amines is 1. The number of ether oxygens (including phenoxy) is 1. The van der Waals surface area contributed by atoms with Gasteiger partial charge < -0.3 is 9.30 Å². The first kappa shape index (κ1) is 20.7. The van der Waals surface area contributed by atoms with Crippen molar-refractivity contribution in [3.05, 3.63) is 75.1 Å². The number of benzene rings is 2. The molecule has 3 aromatic heterocycles. The second-order valence-electron chi connectivity index (χ2n) is 7.87. The van der Waals surface area contributed by atoms with E-state index in [1.54, 1.807) is 4.57 Å². The molecular weight excluding hydrogens is 468 g/mol. The molecule has 0 aliphatic carbocycles. The SMILES string of the molecule is CCOCc1cc(-c2ccc3c(c2)c2cc(-c4ccc(Br)cc4)c(=O)n(C)c2n3C)n[nH]1. The first-order valence-corrected chi connectivity index (χ1v) is 11.3. The average molecular weight is 491 g/mol. The standard InChI is InChI=1S/C25H23BrN4O2/c1-4-32-14-18-12-22(28-27-18)16-7-10-23-20(11-16)21-13-19(15-5-8-17(26)9-6-15)25(31)30(3)24(21)29(23)2/h5-13H,4,14H2,1-3H3,(H,27,28). The molecule has 6 nitrogen and oxygen atoms in total. The third-order valence-corrected chi connectivity index (χ3v) is 6.42. The summed E-state index contributed by atoms with van der Waals surface area (Å²) < 4.78 is 10.3. The minimum Gasteiger partial charge on any atom is -0.375 e. The summed E-state index contributed by atoms with van der Waals surface area (Å²) in [7, 11) is 3.83. The lowest BCUT2D eigenvalue weighted by molar-refractivity contribution is 0.131. The minimum atomic E-state index is -0.0150. The summed E-state index contributed by atoms with van der Waals surface area (Å²) in [6.07, 6.45) is 0. The molecule has 0 radical (unpaired) electrons. The Morgan fingerprint density at radius 3 is 2.47 bits per heavy atom. The molecule has 0 amide bonds. The molecule has 0 aliphatic rings. The summed E-state index contributed by atoms with van der Waals surface area (Å²) in [5.41, 5.74) is 6.36. The number of pyridine rings is 1. The Morgan fingerprint density at radius 2 is 1.72 bits per heavy atom. The van der Waals surface area contributed by atoms with Gasteiger partial charge in [0.15, 0.2) is 0 Å². The van der Waals surface area contributed by atoms with E-state index in [0.29, 0.717) is 18.8 Å². The van der Waals surface area contributed by atoms with E-state index < -0.39 is 0 Å². The van der Waals surface area contributed by atoms with Crippen LogP contribution in [-0.4, -0.2) is 25.9 Å². The van der Waals surface area contributed by atoms with Crippen LogP contribution in [-0.2, 0) is 25.4 Å². The average Bonchev–Trinajstić information content (AvgIpc) is 3.38. The molecule has 0 spiro atoms. The van der Waals surface area contributed by atoms with Crippen LogP contribution in [0.4, 0.5) is 0 Å². The zero-order chi connectivity index (χ0) is 22.4. The molecule has 0 fully saturated rings. The van der Waals surface area contributed by atoms with Crippen LogP contribution in [0.3, 0.4) is 0 Å². The smallest absolute Gasteiger partial charge is 0.259 e. The minimum absolute atomic E-state index is 0.0150. The number of H-pyrrole nitrogens is 1. The van der Waals surface area contributed by atoms with Crippen molar-refractivity contribution in [1.82, 2.24) is 19.3 Å². The molecule has 0 saturated carbocycles. The summed E-state index contributed by atoms with van der Waals surface area (Å²) >= 11 is 3.47. The van der Waals surface area contributed by atoms with Crippen LogP contribution < -0.4 is 5.56 Å². The van der Waals surface area contributed by atoms with Crippen molar-refractivity contribution in [3.63, 3.8) is 0 Å². The van der Waals surface area contributed by atoms with Crippen molar-refractivity contribution in [2.45, 2.75) is 13.5 Å². The van der Waals surface area contributed by atoms with E-state index in [9.17, 15) is 4.79 Å². The van der Waals surface area contributed by atoms with Crippen LogP contribution >= 0.6 is 15.9 Å². The van der Waals surface area contributed by atoms with Crippen LogP contribution in [0.5, 0.6) is 0 Å². The normalized spacial score (nSPS) is 11.6. The molecule has 5 rings (SSSR count). The zero-order valence-corrected chi connectivity index (χ0v) is 19.7. The van der Waals surface area contributed by atoms with Gasteiger partial charge in [-0.1, -0.05) is 34.1 Å². The Kier molecular flexibility index (Phi) is 5.23. The third kappa shape index (κ3) is 3.38. The third-order valence-electron chi connectivity index (χ3n) is 5.89. The fourth-order valence-corrected chi connectivity index (χ4v) is 4.55. The summed E-state index contributed by atoms with van der Waals surface area (Å²) in [4.78, 5) is 13.2. The Balaban J connectivity index is 1.71. The Morgan fingerprint density at radius 1 is 0.969 bits per heavy atom. The van der Waals surface area contributed by atoms with Crippen LogP contribution in [0.15, 0.2) is 63.9 Å². The molecule has 0 atom stereocenters. The van der Waals surface area contributed by atoms with E-state index in [-0.39, 0.29) is 5.56 Å². The molecular formula is C25H23BrN4O2. The monoisotopic (exact) mass is 490 g/mol. The Hall–Kier alpha value is -3.16. The highest BCUT2D eigenvalue weighted by Crippen LogP contribution is 2.33. The van der Waals surface area contributed by atoms with E-state index >= 15 is 0 Å². The van der Waals surface area contributed by atoms with Gasteiger partial charge in [-0.2, -0.15) is 5.10 Å². The van der Waals surface area contributed by atoms with Gasteiger partial charge in [0, 0.05) is 47.1 Å². The number of hydrogen-bond acceptors (Lipinski definition) is 3. The number of halogens is 1. The van der Waals surface area contributed by atoms with Crippen molar-refractivity contribution < 1.29 is 4.74 Å². The number of nitrogens with zero attached hydrogens (tertiary/aromatic N) is 3. The molecule has 3 heterocycles. The first-order valence-electron chi connectivity index (χ1n) is 10.5. The molecule has 0 saturated heterocycles. The van der Waals surface area contributed by atoms with Gasteiger partial charge >= 0.3 is 0 Å². The van der Waals surface area contributed by atoms with Gasteiger partial charge in [-0.3, -0.25) is 14.5 Å². The van der Waals surface area contributed by atoms with Gasteiger partial charge in [-0.25, -0.2) is 0 Å². The fraction of sp³-hybridized carbons (Fsp3) is 0.200. The van der Waals surface area contributed by atoms with Gasteiger partial charge in [0.05, 0.1) is 23.5 Å². The molecule has 32 heavy (non-hydrogen) atoms. The molecule has 0 unspecified atom stereocenters. The quantitative estimate of drug-likeness (QED) is 0.359. The number of nitrogens with one attached hydrogen (secondary N) is 1. The molecule has 1 N–H and O–H groups in total. The number of fused-ring (bicyclic) bond motifs is 3. The van der Waals surface area contributed by atoms with Crippen molar-refractivity contribution in [1.29, 1.82) is 0 Å². The Bertz CT molecular complexity index is 1510. The number of rotatable bonds is 5. The molecule has 0 aliphatic heterocycles. The summed E-state index contributed by atoms with van der Waals surface area (Å²) in [6.45, 7) is 3.15. The van der Waals surface area contributed by atoms with Gasteiger partial charge in [0.2, 0.25) is 0 Å². The lowest BCUT2D eigenvalue weighted by atomic mass is 10.0. The van der Waals surface area contributed by atoms with Crippen LogP contribution in [0.1, 0.15) is 12.6 Å². The van der Waals surface area contributed by atoms with Gasteiger partial charge in [-0.15, -0.1) is 0 Å². The van der Waals surface area contributed by atoms with E-state index in [4.69, 9.17) is 4.74 Å². The van der Waals surface area contributed by atoms with Crippen molar-refractivity contribution >= 4 is 37.9 Å². The predicted octanol–water partition coefficient (Wildman–Crippen LogP) is 5.39. The maximum Gasteiger partial charge on any atom is 0.259 e. The molecule has 162 valence electrons. The van der Waals surface area contributed by atoms with Crippen molar-refractivity contribution in [2.24, 2.45) is 14.1 Å². The van der Waals surface area contributed by atoms with Crippen LogP contribution in [0.2, 0.25) is 0 Å². The second kappa shape index (κ2) is 8.07. The highest BCUT2D eigenvalue weighted by atomic mass is 79.9. The van der Waals surface area contributed by atoms with Crippen molar-refractivity contribution in [3.8, 4) is 22.4 Å². The van der Waals surface area contributed by atoms with E-state index in [1.807, 2.05) is 57.4 Å². The molecule has 2 aromatic carbocycles. The second-order valence-corrected chi connectivity index (χ2v) is 8.79.